The summed E-state index contributed by atoms with van der Waals surface area (Å²) < 4.78 is 21.8. The van der Waals surface area contributed by atoms with Crippen molar-refractivity contribution < 1.29 is 28.2 Å². The minimum Gasteiger partial charge on any atom is -0.465 e. The lowest BCUT2D eigenvalue weighted by molar-refractivity contribution is -0.148. The van der Waals surface area contributed by atoms with Crippen LogP contribution in [0.25, 0.3) is 11.0 Å². The molecule has 1 aliphatic rings. The van der Waals surface area contributed by atoms with Crippen LogP contribution in [-0.4, -0.2) is 30.7 Å². The molecule has 2 heterocycles. The first kappa shape index (κ1) is 21.4. The lowest BCUT2D eigenvalue weighted by Crippen LogP contribution is -2.42. The van der Waals surface area contributed by atoms with Gasteiger partial charge in [0.05, 0.1) is 18.6 Å². The summed E-state index contributed by atoms with van der Waals surface area (Å²) in [7, 11) is 0. The van der Waals surface area contributed by atoms with Crippen molar-refractivity contribution in [2.24, 2.45) is 0 Å². The molecule has 0 radical (unpaired) electrons. The molecular weight excluding hydrogens is 390 g/mol. The van der Waals surface area contributed by atoms with Crippen molar-refractivity contribution in [1.29, 1.82) is 0 Å². The molecule has 1 aromatic carbocycles. The summed E-state index contributed by atoms with van der Waals surface area (Å²) in [5.74, 6) is -2.69. The molecular formula is C22H25NO7. The fourth-order valence-electron chi connectivity index (χ4n) is 3.24. The Morgan fingerprint density at radius 1 is 1.10 bits per heavy atom. The summed E-state index contributed by atoms with van der Waals surface area (Å²) in [6, 6.07) is 6.81. The zero-order chi connectivity index (χ0) is 22.1. The third kappa shape index (κ3) is 4.03. The molecule has 30 heavy (non-hydrogen) atoms. The molecule has 0 spiro atoms. The van der Waals surface area contributed by atoms with Gasteiger partial charge in [0, 0.05) is 5.54 Å². The summed E-state index contributed by atoms with van der Waals surface area (Å²) >= 11 is 0. The Kier molecular flexibility index (Phi) is 5.87. The second kappa shape index (κ2) is 8.22. The Balaban J connectivity index is 2.35. The molecule has 1 unspecified atom stereocenters. The van der Waals surface area contributed by atoms with Crippen LogP contribution in [-0.2, 0) is 19.1 Å². The average molecular weight is 415 g/mol. The molecule has 1 atom stereocenters. The predicted molar refractivity (Wildman–Crippen MR) is 109 cm³/mol. The topological polar surface area (TPSA) is 104 Å². The maximum Gasteiger partial charge on any atom is 0.344 e. The van der Waals surface area contributed by atoms with E-state index in [-0.39, 0.29) is 36.0 Å². The minimum atomic E-state index is -1.35. The van der Waals surface area contributed by atoms with Gasteiger partial charge in [0.2, 0.25) is 5.88 Å². The van der Waals surface area contributed by atoms with Gasteiger partial charge >= 0.3 is 17.6 Å². The van der Waals surface area contributed by atoms with E-state index >= 15 is 0 Å². The minimum absolute atomic E-state index is 0.0438. The highest BCUT2D eigenvalue weighted by Crippen LogP contribution is 2.42. The molecule has 0 amide bonds. The van der Waals surface area contributed by atoms with Gasteiger partial charge in [0.25, 0.3) is 0 Å². The number of benzene rings is 1. The number of esters is 2. The van der Waals surface area contributed by atoms with Gasteiger partial charge in [-0.25, -0.2) is 9.59 Å². The van der Waals surface area contributed by atoms with Crippen LogP contribution < -0.4 is 15.7 Å². The molecule has 1 aliphatic heterocycles. The number of ether oxygens (including phenoxy) is 3. The molecule has 2 aromatic rings. The van der Waals surface area contributed by atoms with Crippen molar-refractivity contribution in [3.63, 3.8) is 0 Å². The highest BCUT2D eigenvalue weighted by molar-refractivity contribution is 6.01. The number of hydrogen-bond acceptors (Lipinski definition) is 8. The predicted octanol–water partition coefficient (Wildman–Crippen LogP) is 2.99. The van der Waals surface area contributed by atoms with Gasteiger partial charge in [0.1, 0.15) is 22.6 Å². The van der Waals surface area contributed by atoms with Crippen molar-refractivity contribution in [2.45, 2.75) is 46.1 Å². The second-order valence-electron chi connectivity index (χ2n) is 7.75. The van der Waals surface area contributed by atoms with E-state index in [9.17, 15) is 14.4 Å². The molecule has 8 heteroatoms. The summed E-state index contributed by atoms with van der Waals surface area (Å²) in [5.41, 5.74) is -1.20. The first-order valence-electron chi connectivity index (χ1n) is 9.77. The molecule has 3 rings (SSSR count). The van der Waals surface area contributed by atoms with E-state index in [4.69, 9.17) is 18.6 Å². The van der Waals surface area contributed by atoms with Crippen LogP contribution in [0.1, 0.15) is 46.1 Å². The highest BCUT2D eigenvalue weighted by atomic mass is 16.5. The van der Waals surface area contributed by atoms with Gasteiger partial charge in [0.15, 0.2) is 5.75 Å². The van der Waals surface area contributed by atoms with E-state index in [0.717, 1.165) is 0 Å². The maximum atomic E-state index is 13.0. The normalized spacial score (nSPS) is 16.0. The first-order chi connectivity index (χ1) is 14.2. The molecule has 1 N–H and O–H groups in total. The highest BCUT2D eigenvalue weighted by Gasteiger charge is 2.44. The van der Waals surface area contributed by atoms with Gasteiger partial charge in [-0.05, 0) is 46.8 Å². The lowest BCUT2D eigenvalue weighted by Gasteiger charge is -2.32. The van der Waals surface area contributed by atoms with Crippen LogP contribution in [0.2, 0.25) is 0 Å². The smallest absolute Gasteiger partial charge is 0.344 e. The molecule has 0 saturated carbocycles. The molecule has 8 nitrogen and oxygen atoms in total. The van der Waals surface area contributed by atoms with E-state index in [1.807, 2.05) is 20.8 Å². The molecule has 0 fully saturated rings. The van der Waals surface area contributed by atoms with Crippen LogP contribution in [0.15, 0.2) is 44.9 Å². The Morgan fingerprint density at radius 2 is 1.77 bits per heavy atom. The number of rotatable bonds is 5. The number of fused-ring (bicyclic) bond motifs is 3. The van der Waals surface area contributed by atoms with Crippen LogP contribution in [0.4, 0.5) is 0 Å². The van der Waals surface area contributed by atoms with Crippen molar-refractivity contribution in [1.82, 2.24) is 5.32 Å². The number of hydrogen-bond donors (Lipinski definition) is 1. The van der Waals surface area contributed by atoms with E-state index in [1.165, 1.54) is 0 Å². The zero-order valence-corrected chi connectivity index (χ0v) is 17.7. The van der Waals surface area contributed by atoms with Crippen molar-refractivity contribution in [2.75, 3.05) is 13.2 Å². The first-order valence-corrected chi connectivity index (χ1v) is 9.77. The number of para-hydroxylation sites is 1. The van der Waals surface area contributed by atoms with E-state index in [1.54, 1.807) is 38.1 Å². The van der Waals surface area contributed by atoms with Gasteiger partial charge in [-0.1, -0.05) is 12.1 Å². The Bertz CT molecular complexity index is 1080. The SMILES string of the molecule is CCOC(=O)C1=C(NC(C)(C)C)Oc2c(c(=O)oc3ccccc23)C1C(=O)OCC. The quantitative estimate of drug-likeness (QED) is 0.587. The number of nitrogens with one attached hydrogen (secondary N) is 1. The van der Waals surface area contributed by atoms with Crippen LogP contribution >= 0.6 is 0 Å². The summed E-state index contributed by atoms with van der Waals surface area (Å²) in [6.07, 6.45) is 0. The fourth-order valence-corrected chi connectivity index (χ4v) is 3.24. The van der Waals surface area contributed by atoms with E-state index in [2.05, 4.69) is 5.32 Å². The summed E-state index contributed by atoms with van der Waals surface area (Å²) in [4.78, 5) is 38.7. The van der Waals surface area contributed by atoms with Crippen molar-refractivity contribution >= 4 is 22.9 Å². The van der Waals surface area contributed by atoms with E-state index in [0.29, 0.717) is 11.0 Å². The standard InChI is InChI=1S/C22H25NO7/c1-6-27-19(24)14-15-17(12-10-8-9-11-13(12)29-21(15)26)30-18(23-22(3,4)5)16(14)20(25)28-7-2/h8-11,14,23H,6-7H2,1-5H3. The Morgan fingerprint density at radius 3 is 2.40 bits per heavy atom. The van der Waals surface area contributed by atoms with Gasteiger partial charge < -0.3 is 23.9 Å². The number of carbonyl (C=O) groups excluding carboxylic acids is 2. The fraction of sp³-hybridized carbons (Fsp3) is 0.409. The number of carbonyl (C=O) groups is 2. The Hall–Kier alpha value is -3.29. The summed E-state index contributed by atoms with van der Waals surface area (Å²) in [6.45, 7) is 9.06. The van der Waals surface area contributed by atoms with Crippen LogP contribution in [0.5, 0.6) is 5.75 Å². The maximum absolute atomic E-state index is 13.0. The van der Waals surface area contributed by atoms with Crippen LogP contribution in [0, 0.1) is 0 Å². The largest absolute Gasteiger partial charge is 0.465 e. The van der Waals surface area contributed by atoms with Gasteiger partial charge in [-0.3, -0.25) is 4.79 Å². The summed E-state index contributed by atoms with van der Waals surface area (Å²) in [5, 5.41) is 3.61. The molecule has 160 valence electrons. The lowest BCUT2D eigenvalue weighted by atomic mass is 9.88. The Labute approximate surface area is 173 Å². The van der Waals surface area contributed by atoms with Crippen molar-refractivity contribution in [3.05, 3.63) is 51.7 Å². The second-order valence-corrected chi connectivity index (χ2v) is 7.75. The molecule has 1 aromatic heterocycles. The monoisotopic (exact) mass is 415 g/mol. The molecule has 0 bridgehead atoms. The molecule has 0 saturated heterocycles. The molecule has 0 aliphatic carbocycles. The average Bonchev–Trinajstić information content (AvgIpc) is 2.66. The van der Waals surface area contributed by atoms with Gasteiger partial charge in [-0.15, -0.1) is 0 Å². The zero-order valence-electron chi connectivity index (χ0n) is 17.7. The third-order valence-corrected chi connectivity index (χ3v) is 4.33. The van der Waals surface area contributed by atoms with Gasteiger partial charge in [-0.2, -0.15) is 0 Å². The third-order valence-electron chi connectivity index (χ3n) is 4.33. The van der Waals surface area contributed by atoms with E-state index < -0.39 is 29.0 Å². The van der Waals surface area contributed by atoms with Crippen molar-refractivity contribution in [3.8, 4) is 5.75 Å². The van der Waals surface area contributed by atoms with Crippen LogP contribution in [0.3, 0.4) is 0 Å².